The van der Waals surface area contributed by atoms with E-state index < -0.39 is 23.5 Å². The summed E-state index contributed by atoms with van der Waals surface area (Å²) in [6.07, 6.45) is 0. The van der Waals surface area contributed by atoms with E-state index in [4.69, 9.17) is 4.74 Å². The predicted molar refractivity (Wildman–Crippen MR) is 124 cm³/mol. The molecule has 1 amide bonds. The summed E-state index contributed by atoms with van der Waals surface area (Å²) in [5.74, 6) is -1.82. The fraction of sp³-hybridized carbons (Fsp3) is 0.0800. The van der Waals surface area contributed by atoms with Crippen LogP contribution in [0.15, 0.2) is 78.4 Å². The molecule has 0 spiro atoms. The van der Waals surface area contributed by atoms with Crippen molar-refractivity contribution in [3.05, 3.63) is 95.3 Å². The molecule has 164 valence electrons. The summed E-state index contributed by atoms with van der Waals surface area (Å²) in [5.41, 5.74) is 1.46. The van der Waals surface area contributed by atoms with Gasteiger partial charge in [-0.05, 0) is 48.0 Å². The molecule has 0 aliphatic carbocycles. The molecule has 0 radical (unpaired) electrons. The largest absolute Gasteiger partial charge is 0.507 e. The number of anilines is 1. The number of nitrogens with zero attached hydrogens (tertiary/aromatic N) is 2. The number of carbonyl (C=O) groups is 2. The van der Waals surface area contributed by atoms with Crippen LogP contribution in [0, 0.1) is 5.82 Å². The summed E-state index contributed by atoms with van der Waals surface area (Å²) in [5, 5.41) is 11.4. The lowest BCUT2D eigenvalue weighted by molar-refractivity contribution is -0.132. The third kappa shape index (κ3) is 3.54. The maximum absolute atomic E-state index is 13.4. The Morgan fingerprint density at radius 1 is 1.06 bits per heavy atom. The molecular formula is C25H17FN2O4S. The minimum Gasteiger partial charge on any atom is -0.507 e. The van der Waals surface area contributed by atoms with Crippen molar-refractivity contribution < 1.29 is 23.8 Å². The summed E-state index contributed by atoms with van der Waals surface area (Å²) in [6, 6.07) is 18.5. The molecule has 1 aliphatic heterocycles. The van der Waals surface area contributed by atoms with Crippen molar-refractivity contribution in [2.24, 2.45) is 0 Å². The average Bonchev–Trinajstić information content (AvgIpc) is 3.37. The Bertz CT molecular complexity index is 1410. The summed E-state index contributed by atoms with van der Waals surface area (Å²) in [6.45, 7) is 0. The molecule has 33 heavy (non-hydrogen) atoms. The van der Waals surface area contributed by atoms with Gasteiger partial charge in [-0.1, -0.05) is 41.7 Å². The molecule has 3 aromatic carbocycles. The summed E-state index contributed by atoms with van der Waals surface area (Å²) >= 11 is 1.25. The van der Waals surface area contributed by atoms with Gasteiger partial charge in [-0.3, -0.25) is 14.5 Å². The van der Waals surface area contributed by atoms with Crippen LogP contribution in [0.1, 0.15) is 17.2 Å². The lowest BCUT2D eigenvalue weighted by Gasteiger charge is -2.22. The third-order valence-corrected chi connectivity index (χ3v) is 6.49. The fourth-order valence-electron chi connectivity index (χ4n) is 3.87. The molecule has 1 atom stereocenters. The normalized spacial score (nSPS) is 17.6. The van der Waals surface area contributed by atoms with Gasteiger partial charge in [0.1, 0.15) is 17.3 Å². The zero-order valence-electron chi connectivity index (χ0n) is 17.4. The molecule has 0 saturated carbocycles. The van der Waals surface area contributed by atoms with Gasteiger partial charge in [-0.25, -0.2) is 9.37 Å². The number of carbonyl (C=O) groups excluding carboxylic acids is 2. The van der Waals surface area contributed by atoms with E-state index in [1.807, 2.05) is 12.1 Å². The van der Waals surface area contributed by atoms with Gasteiger partial charge in [0.15, 0.2) is 5.13 Å². The quantitative estimate of drug-likeness (QED) is 0.261. The molecule has 4 aromatic rings. The van der Waals surface area contributed by atoms with Crippen LogP contribution >= 0.6 is 11.3 Å². The van der Waals surface area contributed by atoms with Crippen LogP contribution in [-0.4, -0.2) is 28.9 Å². The van der Waals surface area contributed by atoms with Crippen molar-refractivity contribution in [2.75, 3.05) is 12.0 Å². The first-order valence-corrected chi connectivity index (χ1v) is 10.9. The second kappa shape index (κ2) is 8.14. The van der Waals surface area contributed by atoms with E-state index in [-0.39, 0.29) is 16.9 Å². The molecule has 1 fully saturated rings. The zero-order chi connectivity index (χ0) is 23.1. The fourth-order valence-corrected chi connectivity index (χ4v) is 4.89. The van der Waals surface area contributed by atoms with E-state index in [9.17, 15) is 19.1 Å². The highest BCUT2D eigenvalue weighted by Crippen LogP contribution is 2.44. The maximum atomic E-state index is 13.4. The van der Waals surface area contributed by atoms with Gasteiger partial charge >= 0.3 is 5.91 Å². The van der Waals surface area contributed by atoms with Crippen LogP contribution in [0.25, 0.3) is 16.0 Å². The zero-order valence-corrected chi connectivity index (χ0v) is 18.2. The van der Waals surface area contributed by atoms with E-state index >= 15 is 0 Å². The number of ether oxygens (including phenoxy) is 1. The van der Waals surface area contributed by atoms with Gasteiger partial charge in [-0.2, -0.15) is 0 Å². The van der Waals surface area contributed by atoms with Crippen LogP contribution in [-0.2, 0) is 9.59 Å². The number of Topliss-reactive ketones (excluding diaryl/α,β-unsaturated/α-hetero) is 1. The minimum atomic E-state index is -0.890. The highest BCUT2D eigenvalue weighted by Gasteiger charge is 2.48. The number of halogens is 1. The number of hydrogen-bond donors (Lipinski definition) is 1. The first kappa shape index (κ1) is 20.8. The highest BCUT2D eigenvalue weighted by molar-refractivity contribution is 7.22. The Kier molecular flexibility index (Phi) is 5.14. The van der Waals surface area contributed by atoms with Crippen LogP contribution in [0.5, 0.6) is 5.75 Å². The number of benzene rings is 3. The second-order valence-corrected chi connectivity index (χ2v) is 8.43. The standard InChI is InChI=1S/C25H17FN2O4S/c1-32-17-11-12-18-19(13-17)33-25(27-18)28-21(14-5-3-2-4-6-14)20(23(30)24(28)31)22(29)15-7-9-16(26)10-8-15/h2-13,21,29H,1H3/b22-20+/t21-/m1/s1. The van der Waals surface area contributed by atoms with Gasteiger partial charge in [-0.15, -0.1) is 0 Å². The molecule has 1 aromatic heterocycles. The van der Waals surface area contributed by atoms with Crippen molar-refractivity contribution >= 4 is 44.1 Å². The van der Waals surface area contributed by atoms with Gasteiger partial charge < -0.3 is 9.84 Å². The Morgan fingerprint density at radius 2 is 1.79 bits per heavy atom. The number of methoxy groups -OCH3 is 1. The molecule has 2 heterocycles. The number of aliphatic hydroxyl groups is 1. The molecule has 1 saturated heterocycles. The van der Waals surface area contributed by atoms with Crippen molar-refractivity contribution in [1.29, 1.82) is 0 Å². The van der Waals surface area contributed by atoms with Gasteiger partial charge in [0.2, 0.25) is 0 Å². The molecular weight excluding hydrogens is 443 g/mol. The number of rotatable bonds is 4. The van der Waals surface area contributed by atoms with Crippen LogP contribution in [0.2, 0.25) is 0 Å². The minimum absolute atomic E-state index is 0.0744. The van der Waals surface area contributed by atoms with E-state index in [1.165, 1.54) is 40.5 Å². The van der Waals surface area contributed by atoms with E-state index in [0.717, 1.165) is 4.70 Å². The van der Waals surface area contributed by atoms with Crippen molar-refractivity contribution in [3.63, 3.8) is 0 Å². The lowest BCUT2D eigenvalue weighted by Crippen LogP contribution is -2.29. The van der Waals surface area contributed by atoms with Crippen molar-refractivity contribution in [2.45, 2.75) is 6.04 Å². The third-order valence-electron chi connectivity index (χ3n) is 5.47. The monoisotopic (exact) mass is 460 g/mol. The predicted octanol–water partition coefficient (Wildman–Crippen LogP) is 5.07. The smallest absolute Gasteiger partial charge is 0.301 e. The van der Waals surface area contributed by atoms with E-state index in [2.05, 4.69) is 4.98 Å². The van der Waals surface area contributed by atoms with Gasteiger partial charge in [0.25, 0.3) is 5.78 Å². The summed E-state index contributed by atoms with van der Waals surface area (Å²) < 4.78 is 19.5. The summed E-state index contributed by atoms with van der Waals surface area (Å²) in [4.78, 5) is 32.2. The lowest BCUT2D eigenvalue weighted by atomic mass is 9.95. The van der Waals surface area contributed by atoms with Crippen LogP contribution in [0.4, 0.5) is 9.52 Å². The summed E-state index contributed by atoms with van der Waals surface area (Å²) in [7, 11) is 1.56. The highest BCUT2D eigenvalue weighted by atomic mass is 32.1. The first-order chi connectivity index (χ1) is 16.0. The molecule has 6 nitrogen and oxygen atoms in total. The molecule has 8 heteroatoms. The second-order valence-electron chi connectivity index (χ2n) is 7.42. The van der Waals surface area contributed by atoms with Crippen LogP contribution in [0.3, 0.4) is 0 Å². The number of thiazole rings is 1. The topological polar surface area (TPSA) is 79.7 Å². The number of hydrogen-bond acceptors (Lipinski definition) is 6. The SMILES string of the molecule is COc1ccc2nc(N3C(=O)C(=O)/C(=C(/O)c4ccc(F)cc4)[C@H]3c3ccccc3)sc2c1. The Labute approximate surface area is 192 Å². The van der Waals surface area contributed by atoms with E-state index in [1.54, 1.807) is 43.5 Å². The Balaban J connectivity index is 1.71. The number of fused-ring (bicyclic) bond motifs is 1. The van der Waals surface area contributed by atoms with Crippen molar-refractivity contribution in [3.8, 4) is 5.75 Å². The van der Waals surface area contributed by atoms with Gasteiger partial charge in [0, 0.05) is 5.56 Å². The van der Waals surface area contributed by atoms with Gasteiger partial charge in [0.05, 0.1) is 28.9 Å². The average molecular weight is 460 g/mol. The first-order valence-electron chi connectivity index (χ1n) is 10.0. The molecule has 5 rings (SSSR count). The Hall–Kier alpha value is -4.04. The van der Waals surface area contributed by atoms with Crippen LogP contribution < -0.4 is 9.64 Å². The molecule has 1 aliphatic rings. The Morgan fingerprint density at radius 3 is 2.48 bits per heavy atom. The molecule has 0 unspecified atom stereocenters. The number of aromatic nitrogens is 1. The van der Waals surface area contributed by atoms with E-state index in [0.29, 0.717) is 22.0 Å². The molecule has 0 bridgehead atoms. The number of amides is 1. The maximum Gasteiger partial charge on any atom is 0.301 e. The van der Waals surface area contributed by atoms with Crippen molar-refractivity contribution in [1.82, 2.24) is 4.98 Å². The number of aliphatic hydroxyl groups excluding tert-OH is 1. The number of ketones is 1. The molecule has 1 N–H and O–H groups in total.